The largest absolute Gasteiger partial charge is 0.373 e. The molecule has 1 heterocycles. The highest BCUT2D eigenvalue weighted by atomic mass is 35.5. The summed E-state index contributed by atoms with van der Waals surface area (Å²) in [4.78, 5) is 0. The number of morpholine rings is 1. The van der Waals surface area contributed by atoms with Crippen LogP contribution < -0.4 is 0 Å². The van der Waals surface area contributed by atoms with E-state index in [1.165, 1.54) is 0 Å². The van der Waals surface area contributed by atoms with E-state index in [0.717, 1.165) is 6.42 Å². The van der Waals surface area contributed by atoms with E-state index in [0.29, 0.717) is 25.4 Å². The lowest BCUT2D eigenvalue weighted by Crippen LogP contribution is -2.48. The van der Waals surface area contributed by atoms with Crippen LogP contribution in [0.3, 0.4) is 0 Å². The first-order valence-corrected chi connectivity index (χ1v) is 7.79. The van der Waals surface area contributed by atoms with Gasteiger partial charge in [0.15, 0.2) is 0 Å². The first-order valence-electron chi connectivity index (χ1n) is 5.65. The maximum absolute atomic E-state index is 12.0. The van der Waals surface area contributed by atoms with Gasteiger partial charge < -0.3 is 4.74 Å². The fraction of sp³-hybridized carbons (Fsp3) is 1.00. The number of hydrogen-bond acceptors (Lipinski definition) is 3. The molecule has 96 valence electrons. The molecule has 2 atom stereocenters. The fourth-order valence-electron chi connectivity index (χ4n) is 1.87. The van der Waals surface area contributed by atoms with Crippen LogP contribution in [0.4, 0.5) is 0 Å². The summed E-state index contributed by atoms with van der Waals surface area (Å²) in [5.74, 6) is 0.713. The van der Waals surface area contributed by atoms with Crippen molar-refractivity contribution in [1.82, 2.24) is 4.31 Å². The molecule has 0 bridgehead atoms. The van der Waals surface area contributed by atoms with Gasteiger partial charge in [0.25, 0.3) is 0 Å². The van der Waals surface area contributed by atoms with E-state index >= 15 is 0 Å². The standard InChI is InChI=1S/C10H20ClNO3S/c1-9-7-12(8-10(2)15-9)16(13,14)6-4-3-5-11/h9-10H,3-8H2,1-2H3. The molecule has 6 heteroatoms. The molecule has 0 N–H and O–H groups in total. The minimum atomic E-state index is -3.13. The third-order valence-corrected chi connectivity index (χ3v) is 4.72. The van der Waals surface area contributed by atoms with Crippen LogP contribution in [-0.2, 0) is 14.8 Å². The number of sulfonamides is 1. The van der Waals surface area contributed by atoms with Crippen LogP contribution in [0.5, 0.6) is 0 Å². The van der Waals surface area contributed by atoms with Crippen molar-refractivity contribution >= 4 is 21.6 Å². The van der Waals surface area contributed by atoms with Crippen LogP contribution in [0.25, 0.3) is 0 Å². The van der Waals surface area contributed by atoms with Crippen molar-refractivity contribution < 1.29 is 13.2 Å². The number of nitrogens with zero attached hydrogens (tertiary/aromatic N) is 1. The second-order valence-electron chi connectivity index (χ2n) is 4.29. The monoisotopic (exact) mass is 269 g/mol. The Labute approximate surface area is 103 Å². The molecule has 1 saturated heterocycles. The van der Waals surface area contributed by atoms with Crippen LogP contribution >= 0.6 is 11.6 Å². The topological polar surface area (TPSA) is 46.6 Å². The van der Waals surface area contributed by atoms with Gasteiger partial charge in [0.2, 0.25) is 10.0 Å². The lowest BCUT2D eigenvalue weighted by Gasteiger charge is -2.34. The minimum Gasteiger partial charge on any atom is -0.373 e. The van der Waals surface area contributed by atoms with Crippen LogP contribution in [0.15, 0.2) is 0 Å². The zero-order valence-electron chi connectivity index (χ0n) is 9.86. The summed E-state index contributed by atoms with van der Waals surface area (Å²) in [6, 6.07) is 0. The predicted octanol–water partition coefficient (Wildman–Crippen LogP) is 1.44. The van der Waals surface area contributed by atoms with Gasteiger partial charge in [-0.3, -0.25) is 0 Å². The fourth-order valence-corrected chi connectivity index (χ4v) is 3.76. The lowest BCUT2D eigenvalue weighted by atomic mass is 10.3. The third-order valence-electron chi connectivity index (χ3n) is 2.57. The SMILES string of the molecule is CC1CN(S(=O)(=O)CCCCCl)CC(C)O1. The summed E-state index contributed by atoms with van der Waals surface area (Å²) in [6.07, 6.45) is 1.33. The molecule has 0 radical (unpaired) electrons. The Balaban J connectivity index is 2.53. The second kappa shape index (κ2) is 6.19. The molecule has 16 heavy (non-hydrogen) atoms. The molecule has 0 aromatic carbocycles. The second-order valence-corrected chi connectivity index (χ2v) is 6.75. The molecule has 2 unspecified atom stereocenters. The van der Waals surface area contributed by atoms with E-state index in [1.807, 2.05) is 13.8 Å². The molecular weight excluding hydrogens is 250 g/mol. The van der Waals surface area contributed by atoms with E-state index in [2.05, 4.69) is 0 Å². The molecule has 0 aromatic rings. The Morgan fingerprint density at radius 2 is 1.81 bits per heavy atom. The summed E-state index contributed by atoms with van der Waals surface area (Å²) in [5, 5.41) is 0. The molecule has 0 saturated carbocycles. The Morgan fingerprint density at radius 3 is 2.31 bits per heavy atom. The number of ether oxygens (including phenoxy) is 1. The summed E-state index contributed by atoms with van der Waals surface area (Å²) < 4.78 is 31.0. The molecule has 1 aliphatic rings. The number of hydrogen-bond donors (Lipinski definition) is 0. The van der Waals surface area contributed by atoms with Gasteiger partial charge in [0, 0.05) is 19.0 Å². The third kappa shape index (κ3) is 4.20. The Hall–Kier alpha value is 0.160. The van der Waals surface area contributed by atoms with Gasteiger partial charge in [-0.25, -0.2) is 8.42 Å². The van der Waals surface area contributed by atoms with E-state index in [1.54, 1.807) is 4.31 Å². The van der Waals surface area contributed by atoms with Crippen molar-refractivity contribution in [3.8, 4) is 0 Å². The average molecular weight is 270 g/mol. The normalized spacial score (nSPS) is 28.2. The van der Waals surface area contributed by atoms with Gasteiger partial charge in [-0.15, -0.1) is 11.6 Å². The van der Waals surface area contributed by atoms with Crippen molar-refractivity contribution in [3.63, 3.8) is 0 Å². The summed E-state index contributed by atoms with van der Waals surface area (Å²) >= 11 is 5.53. The van der Waals surface area contributed by atoms with Crippen LogP contribution in [-0.4, -0.2) is 49.7 Å². The Kier molecular flexibility index (Phi) is 5.50. The van der Waals surface area contributed by atoms with E-state index < -0.39 is 10.0 Å². The Bertz CT molecular complexity index is 297. The number of halogens is 1. The van der Waals surface area contributed by atoms with Crippen LogP contribution in [0.2, 0.25) is 0 Å². The van der Waals surface area contributed by atoms with E-state index in [-0.39, 0.29) is 18.0 Å². The molecule has 1 aliphatic heterocycles. The van der Waals surface area contributed by atoms with Gasteiger partial charge in [-0.05, 0) is 26.7 Å². The number of alkyl halides is 1. The molecule has 4 nitrogen and oxygen atoms in total. The zero-order valence-corrected chi connectivity index (χ0v) is 11.4. The maximum atomic E-state index is 12.0. The summed E-state index contributed by atoms with van der Waals surface area (Å²) in [5.41, 5.74) is 0. The van der Waals surface area contributed by atoms with Gasteiger partial charge in [-0.1, -0.05) is 0 Å². The lowest BCUT2D eigenvalue weighted by molar-refractivity contribution is -0.0440. The minimum absolute atomic E-state index is 0.0217. The highest BCUT2D eigenvalue weighted by Crippen LogP contribution is 2.15. The average Bonchev–Trinajstić information content (AvgIpc) is 2.16. The zero-order chi connectivity index (χ0) is 12.2. The van der Waals surface area contributed by atoms with E-state index in [4.69, 9.17) is 16.3 Å². The molecule has 0 aromatic heterocycles. The van der Waals surface area contributed by atoms with Crippen LogP contribution in [0, 0.1) is 0 Å². The quantitative estimate of drug-likeness (QED) is 0.561. The molecule has 1 fully saturated rings. The van der Waals surface area contributed by atoms with Gasteiger partial charge in [0.05, 0.1) is 18.0 Å². The first-order chi connectivity index (χ1) is 7.45. The highest BCUT2D eigenvalue weighted by molar-refractivity contribution is 7.89. The van der Waals surface area contributed by atoms with Crippen molar-refractivity contribution in [2.45, 2.75) is 38.9 Å². The summed E-state index contributed by atoms with van der Waals surface area (Å²) in [7, 11) is -3.13. The van der Waals surface area contributed by atoms with Crippen molar-refractivity contribution in [2.75, 3.05) is 24.7 Å². The highest BCUT2D eigenvalue weighted by Gasteiger charge is 2.30. The number of unbranched alkanes of at least 4 members (excludes halogenated alkanes) is 1. The molecule has 0 aliphatic carbocycles. The van der Waals surface area contributed by atoms with Crippen molar-refractivity contribution in [3.05, 3.63) is 0 Å². The van der Waals surface area contributed by atoms with Crippen molar-refractivity contribution in [2.24, 2.45) is 0 Å². The molecule has 1 rings (SSSR count). The van der Waals surface area contributed by atoms with E-state index in [9.17, 15) is 8.42 Å². The summed E-state index contributed by atoms with van der Waals surface area (Å²) in [6.45, 7) is 4.73. The molecule has 0 amide bonds. The first kappa shape index (κ1) is 14.2. The number of rotatable bonds is 5. The predicted molar refractivity (Wildman–Crippen MR) is 65.3 cm³/mol. The van der Waals surface area contributed by atoms with Gasteiger partial charge >= 0.3 is 0 Å². The van der Waals surface area contributed by atoms with Crippen molar-refractivity contribution in [1.29, 1.82) is 0 Å². The molecule has 0 spiro atoms. The van der Waals surface area contributed by atoms with Gasteiger partial charge in [-0.2, -0.15) is 4.31 Å². The van der Waals surface area contributed by atoms with Crippen LogP contribution in [0.1, 0.15) is 26.7 Å². The maximum Gasteiger partial charge on any atom is 0.214 e. The molecular formula is C10H20ClNO3S. The van der Waals surface area contributed by atoms with Gasteiger partial charge in [0.1, 0.15) is 0 Å². The smallest absolute Gasteiger partial charge is 0.214 e. The Morgan fingerprint density at radius 1 is 1.25 bits per heavy atom.